The van der Waals surface area contributed by atoms with Gasteiger partial charge in [-0.25, -0.2) is 0 Å². The first-order chi connectivity index (χ1) is 9.20. The zero-order valence-corrected chi connectivity index (χ0v) is 13.7. The highest BCUT2D eigenvalue weighted by molar-refractivity contribution is 9.11. The maximum atomic E-state index is 5.69. The van der Waals surface area contributed by atoms with Crippen molar-refractivity contribution in [2.24, 2.45) is 0 Å². The SMILES string of the molecule is CCOc1c(Br)cc(Br)cc1CNc1cccnc1. The van der Waals surface area contributed by atoms with E-state index in [1.54, 1.807) is 12.4 Å². The fraction of sp³-hybridized carbons (Fsp3) is 0.214. The van der Waals surface area contributed by atoms with Gasteiger partial charge in [0, 0.05) is 29.0 Å². The van der Waals surface area contributed by atoms with Gasteiger partial charge in [-0.15, -0.1) is 0 Å². The molecule has 19 heavy (non-hydrogen) atoms. The highest BCUT2D eigenvalue weighted by atomic mass is 79.9. The van der Waals surface area contributed by atoms with Gasteiger partial charge in [0.25, 0.3) is 0 Å². The van der Waals surface area contributed by atoms with Crippen molar-refractivity contribution in [2.75, 3.05) is 11.9 Å². The maximum Gasteiger partial charge on any atom is 0.138 e. The van der Waals surface area contributed by atoms with Crippen LogP contribution in [0.25, 0.3) is 0 Å². The molecule has 1 N–H and O–H groups in total. The molecule has 1 aromatic heterocycles. The predicted octanol–water partition coefficient (Wildman–Crippen LogP) is 4.62. The number of nitrogens with one attached hydrogen (secondary N) is 1. The molecule has 0 atom stereocenters. The van der Waals surface area contributed by atoms with Gasteiger partial charge in [0.2, 0.25) is 0 Å². The molecule has 0 saturated heterocycles. The van der Waals surface area contributed by atoms with Crippen LogP contribution in [-0.4, -0.2) is 11.6 Å². The lowest BCUT2D eigenvalue weighted by atomic mass is 10.2. The topological polar surface area (TPSA) is 34.1 Å². The minimum atomic E-state index is 0.639. The molecule has 5 heteroatoms. The first-order valence-corrected chi connectivity index (χ1v) is 7.54. The summed E-state index contributed by atoms with van der Waals surface area (Å²) < 4.78 is 7.66. The summed E-state index contributed by atoms with van der Waals surface area (Å²) >= 11 is 7.03. The molecule has 0 unspecified atom stereocenters. The average Bonchev–Trinajstić information content (AvgIpc) is 2.41. The molecule has 0 fully saturated rings. The van der Waals surface area contributed by atoms with Crippen LogP contribution in [0.4, 0.5) is 5.69 Å². The van der Waals surface area contributed by atoms with Crippen LogP contribution < -0.4 is 10.1 Å². The molecule has 0 bridgehead atoms. The van der Waals surface area contributed by atoms with Gasteiger partial charge in [0.1, 0.15) is 5.75 Å². The number of halogens is 2. The van der Waals surface area contributed by atoms with E-state index in [0.29, 0.717) is 13.2 Å². The number of hydrogen-bond acceptors (Lipinski definition) is 3. The summed E-state index contributed by atoms with van der Waals surface area (Å²) in [7, 11) is 0. The van der Waals surface area contributed by atoms with Gasteiger partial charge in [-0.05, 0) is 47.1 Å². The number of hydrogen-bond donors (Lipinski definition) is 1. The zero-order chi connectivity index (χ0) is 13.7. The van der Waals surface area contributed by atoms with Crippen molar-refractivity contribution in [1.82, 2.24) is 4.98 Å². The monoisotopic (exact) mass is 384 g/mol. The molecule has 1 aromatic carbocycles. The molecular formula is C14H14Br2N2O. The van der Waals surface area contributed by atoms with E-state index in [0.717, 1.165) is 25.9 Å². The Kier molecular flexibility index (Phi) is 5.22. The van der Waals surface area contributed by atoms with Gasteiger partial charge in [-0.1, -0.05) is 15.9 Å². The maximum absolute atomic E-state index is 5.69. The van der Waals surface area contributed by atoms with Gasteiger partial charge >= 0.3 is 0 Å². The van der Waals surface area contributed by atoms with Gasteiger partial charge in [0.15, 0.2) is 0 Å². The standard InChI is InChI=1S/C14H14Br2N2O/c1-2-19-14-10(6-11(15)7-13(14)16)8-18-12-4-3-5-17-9-12/h3-7,9,18H,2,8H2,1H3. The van der Waals surface area contributed by atoms with Gasteiger partial charge in [-0.2, -0.15) is 0 Å². The van der Waals surface area contributed by atoms with E-state index in [1.807, 2.05) is 25.1 Å². The molecule has 0 saturated carbocycles. The number of benzene rings is 1. The lowest BCUT2D eigenvalue weighted by molar-refractivity contribution is 0.334. The minimum absolute atomic E-state index is 0.639. The van der Waals surface area contributed by atoms with E-state index >= 15 is 0 Å². The molecule has 0 amide bonds. The van der Waals surface area contributed by atoms with E-state index in [9.17, 15) is 0 Å². The predicted molar refractivity (Wildman–Crippen MR) is 84.6 cm³/mol. The number of rotatable bonds is 5. The van der Waals surface area contributed by atoms with E-state index < -0.39 is 0 Å². The smallest absolute Gasteiger partial charge is 0.138 e. The van der Waals surface area contributed by atoms with Crippen molar-refractivity contribution in [3.63, 3.8) is 0 Å². The Morgan fingerprint density at radius 1 is 1.32 bits per heavy atom. The fourth-order valence-electron chi connectivity index (χ4n) is 1.72. The van der Waals surface area contributed by atoms with Gasteiger partial charge in [-0.3, -0.25) is 4.98 Å². The first kappa shape index (κ1) is 14.3. The van der Waals surface area contributed by atoms with Crippen molar-refractivity contribution in [3.8, 4) is 5.75 Å². The van der Waals surface area contributed by atoms with Crippen LogP contribution in [0, 0.1) is 0 Å². The zero-order valence-electron chi connectivity index (χ0n) is 10.5. The molecule has 1 heterocycles. The Labute approximate surface area is 129 Å². The molecule has 0 radical (unpaired) electrons. The Bertz CT molecular complexity index is 547. The molecule has 0 spiro atoms. The fourth-order valence-corrected chi connectivity index (χ4v) is 3.14. The molecule has 3 nitrogen and oxygen atoms in total. The number of anilines is 1. The molecule has 0 aliphatic carbocycles. The van der Waals surface area contributed by atoms with Gasteiger partial charge in [0.05, 0.1) is 16.8 Å². The third-order valence-corrected chi connectivity index (χ3v) is 3.57. The highest BCUT2D eigenvalue weighted by Gasteiger charge is 2.09. The number of aromatic nitrogens is 1. The summed E-state index contributed by atoms with van der Waals surface area (Å²) in [4.78, 5) is 4.08. The third-order valence-electron chi connectivity index (χ3n) is 2.52. The number of pyridine rings is 1. The number of ether oxygens (including phenoxy) is 1. The van der Waals surface area contributed by atoms with E-state index in [1.165, 1.54) is 0 Å². The van der Waals surface area contributed by atoms with E-state index in [-0.39, 0.29) is 0 Å². The molecule has 0 aliphatic heterocycles. The average molecular weight is 386 g/mol. The summed E-state index contributed by atoms with van der Waals surface area (Å²) in [5, 5.41) is 3.33. The van der Waals surface area contributed by atoms with Crippen molar-refractivity contribution < 1.29 is 4.74 Å². The van der Waals surface area contributed by atoms with Crippen LogP contribution in [0.3, 0.4) is 0 Å². The Hall–Kier alpha value is -1.07. The molecule has 2 aromatic rings. The third kappa shape index (κ3) is 3.94. The van der Waals surface area contributed by atoms with Crippen molar-refractivity contribution >= 4 is 37.5 Å². The second-order valence-electron chi connectivity index (χ2n) is 3.90. The van der Waals surface area contributed by atoms with Gasteiger partial charge < -0.3 is 10.1 Å². The molecule has 2 rings (SSSR count). The minimum Gasteiger partial charge on any atom is -0.492 e. The summed E-state index contributed by atoms with van der Waals surface area (Å²) in [5.41, 5.74) is 2.08. The van der Waals surface area contributed by atoms with Crippen molar-refractivity contribution in [1.29, 1.82) is 0 Å². The van der Waals surface area contributed by atoms with Crippen LogP contribution in [-0.2, 0) is 6.54 Å². The van der Waals surface area contributed by atoms with E-state index in [2.05, 4.69) is 48.2 Å². The molecule has 100 valence electrons. The second-order valence-corrected chi connectivity index (χ2v) is 5.67. The number of nitrogens with zero attached hydrogens (tertiary/aromatic N) is 1. The van der Waals surface area contributed by atoms with Crippen LogP contribution >= 0.6 is 31.9 Å². The van der Waals surface area contributed by atoms with Crippen molar-refractivity contribution in [3.05, 3.63) is 51.2 Å². The summed E-state index contributed by atoms with van der Waals surface area (Å²) in [6.07, 6.45) is 3.56. The Morgan fingerprint density at radius 3 is 2.84 bits per heavy atom. The quantitative estimate of drug-likeness (QED) is 0.815. The summed E-state index contributed by atoms with van der Waals surface area (Å²) in [6.45, 7) is 3.30. The van der Waals surface area contributed by atoms with Crippen LogP contribution in [0.2, 0.25) is 0 Å². The van der Waals surface area contributed by atoms with E-state index in [4.69, 9.17) is 4.74 Å². The Balaban J connectivity index is 2.19. The Morgan fingerprint density at radius 2 is 2.16 bits per heavy atom. The lowest BCUT2D eigenvalue weighted by Gasteiger charge is -2.14. The largest absolute Gasteiger partial charge is 0.492 e. The van der Waals surface area contributed by atoms with Crippen LogP contribution in [0.15, 0.2) is 45.6 Å². The summed E-state index contributed by atoms with van der Waals surface area (Å²) in [6, 6.07) is 7.93. The lowest BCUT2D eigenvalue weighted by Crippen LogP contribution is -2.04. The molecule has 0 aliphatic rings. The highest BCUT2D eigenvalue weighted by Crippen LogP contribution is 2.33. The molecular weight excluding hydrogens is 372 g/mol. The van der Waals surface area contributed by atoms with Crippen LogP contribution in [0.1, 0.15) is 12.5 Å². The first-order valence-electron chi connectivity index (χ1n) is 5.95. The van der Waals surface area contributed by atoms with Crippen molar-refractivity contribution in [2.45, 2.75) is 13.5 Å². The second kappa shape index (κ2) is 6.91. The summed E-state index contributed by atoms with van der Waals surface area (Å²) in [5.74, 6) is 0.877. The van der Waals surface area contributed by atoms with Crippen LogP contribution in [0.5, 0.6) is 5.75 Å². The normalized spacial score (nSPS) is 10.3.